The molecule has 0 aromatic carbocycles. The van der Waals surface area contributed by atoms with Crippen molar-refractivity contribution in [2.75, 3.05) is 0 Å². The van der Waals surface area contributed by atoms with E-state index >= 15 is 0 Å². The zero-order chi connectivity index (χ0) is 14.1. The minimum atomic E-state index is -1.03. The fourth-order valence-electron chi connectivity index (χ4n) is 1.94. The minimum absolute atomic E-state index is 0.0894. The maximum atomic E-state index is 11.4. The molecule has 0 aliphatic heterocycles. The average molecular weight is 318 g/mol. The van der Waals surface area contributed by atoms with Gasteiger partial charge >= 0.3 is 5.97 Å². The third kappa shape index (κ3) is 3.11. The van der Waals surface area contributed by atoms with Gasteiger partial charge in [-0.3, -0.25) is 14.8 Å². The Morgan fingerprint density at radius 3 is 2.44 bits per heavy atom. The Kier molecular flexibility index (Phi) is 4.55. The average Bonchev–Trinajstić information content (AvgIpc) is 2.45. The molecule has 1 rings (SSSR count). The van der Waals surface area contributed by atoms with E-state index in [2.05, 4.69) is 26.3 Å². The van der Waals surface area contributed by atoms with E-state index in [-0.39, 0.29) is 6.04 Å². The van der Waals surface area contributed by atoms with Gasteiger partial charge < -0.3 is 5.11 Å². The Hall–Kier alpha value is -0.880. The SMILES string of the molecule is Cc1nn(CC(C)(NC(C)C)C(=O)O)c(C)c1Br. The van der Waals surface area contributed by atoms with Crippen molar-refractivity contribution in [2.24, 2.45) is 0 Å². The van der Waals surface area contributed by atoms with Crippen LogP contribution in [-0.4, -0.2) is 32.4 Å². The Morgan fingerprint density at radius 2 is 2.11 bits per heavy atom. The van der Waals surface area contributed by atoms with E-state index in [1.54, 1.807) is 11.6 Å². The molecule has 1 atom stereocenters. The molecule has 0 radical (unpaired) electrons. The highest BCUT2D eigenvalue weighted by molar-refractivity contribution is 9.10. The minimum Gasteiger partial charge on any atom is -0.480 e. The number of carbonyl (C=O) groups is 1. The Labute approximate surface area is 116 Å². The van der Waals surface area contributed by atoms with Crippen LogP contribution >= 0.6 is 15.9 Å². The summed E-state index contributed by atoms with van der Waals surface area (Å²) in [6.07, 6.45) is 0. The lowest BCUT2D eigenvalue weighted by molar-refractivity contribution is -0.145. The van der Waals surface area contributed by atoms with Gasteiger partial charge in [0.25, 0.3) is 0 Å². The summed E-state index contributed by atoms with van der Waals surface area (Å²) in [5, 5.41) is 16.8. The summed E-state index contributed by atoms with van der Waals surface area (Å²) in [5.41, 5.74) is 0.770. The third-order valence-corrected chi connectivity index (χ3v) is 3.99. The molecule has 0 spiro atoms. The van der Waals surface area contributed by atoms with Crippen molar-refractivity contribution in [2.45, 2.75) is 52.7 Å². The second-order valence-electron chi connectivity index (χ2n) is 5.08. The first-order valence-corrected chi connectivity index (χ1v) is 6.67. The first-order chi connectivity index (χ1) is 8.17. The predicted octanol–water partition coefficient (Wildman–Crippen LogP) is 2.10. The van der Waals surface area contributed by atoms with Crippen LogP contribution in [0.4, 0.5) is 0 Å². The number of aliphatic carboxylic acids is 1. The number of halogens is 1. The molecule has 1 heterocycles. The summed E-state index contributed by atoms with van der Waals surface area (Å²) in [4.78, 5) is 11.4. The monoisotopic (exact) mass is 317 g/mol. The quantitative estimate of drug-likeness (QED) is 0.872. The van der Waals surface area contributed by atoms with Gasteiger partial charge in [-0.25, -0.2) is 0 Å². The van der Waals surface area contributed by atoms with Crippen molar-refractivity contribution in [1.82, 2.24) is 15.1 Å². The maximum Gasteiger partial charge on any atom is 0.325 e. The highest BCUT2D eigenvalue weighted by Crippen LogP contribution is 2.21. The number of rotatable bonds is 5. The van der Waals surface area contributed by atoms with Gasteiger partial charge in [0.2, 0.25) is 0 Å². The number of carboxylic acid groups (broad SMARTS) is 1. The molecule has 2 N–H and O–H groups in total. The highest BCUT2D eigenvalue weighted by Gasteiger charge is 2.35. The van der Waals surface area contributed by atoms with Gasteiger partial charge in [0.1, 0.15) is 5.54 Å². The Bertz CT molecular complexity index is 456. The van der Waals surface area contributed by atoms with Gasteiger partial charge in [0.05, 0.1) is 16.7 Å². The molecule has 6 heteroatoms. The lowest BCUT2D eigenvalue weighted by atomic mass is 10.0. The zero-order valence-corrected chi connectivity index (χ0v) is 13.0. The molecule has 0 aliphatic carbocycles. The molecule has 0 amide bonds. The van der Waals surface area contributed by atoms with Crippen LogP contribution in [0.2, 0.25) is 0 Å². The van der Waals surface area contributed by atoms with E-state index in [1.165, 1.54) is 0 Å². The number of nitrogens with one attached hydrogen (secondary N) is 1. The third-order valence-electron chi connectivity index (χ3n) is 2.84. The second-order valence-corrected chi connectivity index (χ2v) is 5.87. The summed E-state index contributed by atoms with van der Waals surface area (Å²) in [6.45, 7) is 9.64. The standard InChI is InChI=1S/C12H20BrN3O2/c1-7(2)14-12(5,11(17)18)6-16-9(4)10(13)8(3)15-16/h7,14H,6H2,1-5H3,(H,17,18). The van der Waals surface area contributed by atoms with E-state index in [1.807, 2.05) is 27.7 Å². The van der Waals surface area contributed by atoms with E-state index in [9.17, 15) is 9.90 Å². The number of nitrogens with zero attached hydrogens (tertiary/aromatic N) is 2. The largest absolute Gasteiger partial charge is 0.480 e. The first kappa shape index (κ1) is 15.2. The fourth-order valence-corrected chi connectivity index (χ4v) is 2.22. The van der Waals surface area contributed by atoms with Gasteiger partial charge in [0, 0.05) is 11.7 Å². The van der Waals surface area contributed by atoms with Gasteiger partial charge in [-0.2, -0.15) is 5.10 Å². The van der Waals surface area contributed by atoms with Crippen molar-refractivity contribution >= 4 is 21.9 Å². The molecule has 0 aliphatic rings. The molecule has 0 bridgehead atoms. The zero-order valence-electron chi connectivity index (χ0n) is 11.4. The second kappa shape index (κ2) is 5.40. The molecule has 1 unspecified atom stereocenters. The van der Waals surface area contributed by atoms with Crippen LogP contribution in [0.3, 0.4) is 0 Å². The van der Waals surface area contributed by atoms with Crippen molar-refractivity contribution in [1.29, 1.82) is 0 Å². The van der Waals surface area contributed by atoms with E-state index in [4.69, 9.17) is 0 Å². The summed E-state index contributed by atoms with van der Waals surface area (Å²) in [5.74, 6) is -0.875. The number of hydrogen-bond donors (Lipinski definition) is 2. The van der Waals surface area contributed by atoms with E-state index in [0.29, 0.717) is 6.54 Å². The number of aromatic nitrogens is 2. The molecule has 18 heavy (non-hydrogen) atoms. The van der Waals surface area contributed by atoms with Crippen molar-refractivity contribution in [3.63, 3.8) is 0 Å². The Balaban J connectivity index is 3.04. The van der Waals surface area contributed by atoms with Gasteiger partial charge in [-0.15, -0.1) is 0 Å². The van der Waals surface area contributed by atoms with Crippen molar-refractivity contribution in [3.05, 3.63) is 15.9 Å². The molecule has 1 aromatic rings. The van der Waals surface area contributed by atoms with E-state index < -0.39 is 11.5 Å². The van der Waals surface area contributed by atoms with Crippen LogP contribution in [0.25, 0.3) is 0 Å². The first-order valence-electron chi connectivity index (χ1n) is 5.88. The smallest absolute Gasteiger partial charge is 0.325 e. The van der Waals surface area contributed by atoms with Crippen LogP contribution < -0.4 is 5.32 Å². The van der Waals surface area contributed by atoms with Crippen LogP contribution in [0, 0.1) is 13.8 Å². The molecule has 0 saturated heterocycles. The van der Waals surface area contributed by atoms with Gasteiger partial charge in [0.15, 0.2) is 0 Å². The molecular weight excluding hydrogens is 298 g/mol. The molecular formula is C12H20BrN3O2. The normalized spacial score (nSPS) is 14.8. The van der Waals surface area contributed by atoms with Crippen LogP contribution in [0.5, 0.6) is 0 Å². The van der Waals surface area contributed by atoms with Crippen LogP contribution in [0.15, 0.2) is 4.47 Å². The van der Waals surface area contributed by atoms with Crippen LogP contribution in [0.1, 0.15) is 32.2 Å². The summed E-state index contributed by atoms with van der Waals surface area (Å²) in [7, 11) is 0. The summed E-state index contributed by atoms with van der Waals surface area (Å²) in [6, 6.07) is 0.0894. The summed E-state index contributed by atoms with van der Waals surface area (Å²) >= 11 is 3.44. The van der Waals surface area contributed by atoms with Crippen LogP contribution in [-0.2, 0) is 11.3 Å². The predicted molar refractivity (Wildman–Crippen MR) is 73.7 cm³/mol. The molecule has 102 valence electrons. The van der Waals surface area contributed by atoms with Gasteiger partial charge in [-0.1, -0.05) is 0 Å². The fraction of sp³-hybridized carbons (Fsp3) is 0.667. The molecule has 0 saturated carbocycles. The molecule has 1 aromatic heterocycles. The lowest BCUT2D eigenvalue weighted by Crippen LogP contribution is -2.55. The summed E-state index contributed by atoms with van der Waals surface area (Å²) < 4.78 is 2.66. The van der Waals surface area contributed by atoms with E-state index in [0.717, 1.165) is 15.9 Å². The number of hydrogen-bond acceptors (Lipinski definition) is 3. The number of carboxylic acids is 1. The topological polar surface area (TPSA) is 67.2 Å². The lowest BCUT2D eigenvalue weighted by Gasteiger charge is -2.29. The molecule has 0 fully saturated rings. The van der Waals surface area contributed by atoms with Gasteiger partial charge in [-0.05, 0) is 50.5 Å². The van der Waals surface area contributed by atoms with Crippen molar-refractivity contribution in [3.8, 4) is 0 Å². The highest BCUT2D eigenvalue weighted by atomic mass is 79.9. The molecule has 5 nitrogen and oxygen atoms in total. The number of aryl methyl sites for hydroxylation is 1. The van der Waals surface area contributed by atoms with Crippen molar-refractivity contribution < 1.29 is 9.90 Å². The maximum absolute atomic E-state index is 11.4. The Morgan fingerprint density at radius 1 is 1.56 bits per heavy atom.